The second kappa shape index (κ2) is 25.7. The minimum atomic E-state index is -0.0193. The number of likely N-dealkylation sites (N-methyl/N-ethyl adjacent to an activating group) is 2. The Morgan fingerprint density at radius 3 is 1.27 bits per heavy atom. The van der Waals surface area contributed by atoms with Crippen LogP contribution in [-0.4, -0.2) is 101 Å². The fourth-order valence-electron chi connectivity index (χ4n) is 7.26. The molecule has 2 aromatic heterocycles. The van der Waals surface area contributed by atoms with Crippen molar-refractivity contribution in [2.24, 2.45) is 0 Å². The first-order valence-corrected chi connectivity index (χ1v) is 26.2. The van der Waals surface area contributed by atoms with Crippen molar-refractivity contribution in [1.29, 1.82) is 0 Å². The number of unbranched alkanes of at least 4 members (excludes halogenated alkanes) is 2. The molecule has 10 nitrogen and oxygen atoms in total. The summed E-state index contributed by atoms with van der Waals surface area (Å²) in [4.78, 5) is 32.1. The number of ether oxygens (including phenoxy) is 4. The summed E-state index contributed by atoms with van der Waals surface area (Å²) >= 11 is 9.05. The summed E-state index contributed by atoms with van der Waals surface area (Å²) in [7, 11) is 4.11. The highest BCUT2D eigenvalue weighted by Crippen LogP contribution is 2.35. The summed E-state index contributed by atoms with van der Waals surface area (Å²) in [5, 5.41) is 1.73. The maximum atomic E-state index is 13.9. The number of benzene rings is 4. The molecule has 0 amide bonds. The number of fused-ring (bicyclic) bond motifs is 2. The fourth-order valence-corrected chi connectivity index (χ4v) is 11.4. The predicted molar refractivity (Wildman–Crippen MR) is 288 cm³/mol. The summed E-state index contributed by atoms with van der Waals surface area (Å²) < 4.78 is 40.0. The predicted octanol–water partition coefficient (Wildman–Crippen LogP) is 12.1. The summed E-state index contributed by atoms with van der Waals surface area (Å²) in [6.45, 7) is 10.6. The molecule has 6 rings (SSSR count). The highest BCUT2D eigenvalue weighted by Gasteiger charge is 2.25. The molecule has 0 aliphatic heterocycles. The number of ketones is 2. The number of aryl methyl sites for hydroxylation is 2. The molecule has 4 aromatic carbocycles. The van der Waals surface area contributed by atoms with Crippen LogP contribution in [0.4, 0.5) is 0 Å². The molecule has 6 aromatic rings. The normalized spacial score (nSPS) is 11.7. The van der Waals surface area contributed by atoms with Crippen LogP contribution in [0.25, 0.3) is 21.9 Å². The van der Waals surface area contributed by atoms with E-state index in [1.807, 2.05) is 72.8 Å². The Hall–Kier alpha value is -2.34. The average molecular weight is 1320 g/mol. The first-order chi connectivity index (χ1) is 31.0. The molecule has 14 heteroatoms. The highest BCUT2D eigenvalue weighted by molar-refractivity contribution is 14.1. The first-order valence-electron chi connectivity index (χ1n) is 21.9. The molecule has 2 heterocycles. The van der Waals surface area contributed by atoms with Crippen LogP contribution in [0.5, 0.6) is 11.5 Å². The van der Waals surface area contributed by atoms with E-state index in [0.29, 0.717) is 61.9 Å². The Morgan fingerprint density at radius 2 is 0.891 bits per heavy atom. The lowest BCUT2D eigenvalue weighted by Gasteiger charge is -2.19. The Morgan fingerprint density at radius 1 is 0.531 bits per heavy atom. The maximum absolute atomic E-state index is 13.9. The van der Waals surface area contributed by atoms with E-state index in [1.54, 1.807) is 0 Å². The minimum Gasteiger partial charge on any atom is -0.490 e. The van der Waals surface area contributed by atoms with Gasteiger partial charge in [0.25, 0.3) is 0 Å². The van der Waals surface area contributed by atoms with Crippen LogP contribution < -0.4 is 9.47 Å². The number of carbonyl (C=O) groups excluding carboxylic acids is 2. The van der Waals surface area contributed by atoms with E-state index in [4.69, 9.17) is 27.8 Å². The molecule has 0 saturated carbocycles. The molecular formula is C50H56I4N2O8. The van der Waals surface area contributed by atoms with Gasteiger partial charge >= 0.3 is 0 Å². The van der Waals surface area contributed by atoms with E-state index in [-0.39, 0.29) is 11.6 Å². The zero-order valence-corrected chi connectivity index (χ0v) is 45.5. The van der Waals surface area contributed by atoms with Crippen molar-refractivity contribution in [3.8, 4) is 11.5 Å². The number of hydrogen-bond acceptors (Lipinski definition) is 10. The molecule has 0 spiro atoms. The Bertz CT molecular complexity index is 2280. The zero-order chi connectivity index (χ0) is 45.6. The standard InChI is InChI=1S/C50H56I4N2O8/c1-5-7-15-43-45(35-13-9-11-17-41(35)63-43)47(57)33-29-37(51)49(38(52)30-33)61-25-21-55(3)19-23-59-27-28-60-24-20-56(4)22-26-62-50-39(53)31-34(32-40(50)54)48(58)46-36-14-10-12-18-42(36)64-44(46)16-8-6-2/h9-14,17-18,29-32H,5-8,15-16,19-28H2,1-4H3. The molecule has 0 aliphatic carbocycles. The average Bonchev–Trinajstić information content (AvgIpc) is 3.85. The third kappa shape index (κ3) is 13.6. The Kier molecular flexibility index (Phi) is 20.5. The van der Waals surface area contributed by atoms with Crippen molar-refractivity contribution in [3.63, 3.8) is 0 Å². The number of carbonyl (C=O) groups is 2. The van der Waals surface area contributed by atoms with Crippen LogP contribution in [0, 0.1) is 14.3 Å². The molecule has 0 atom stereocenters. The number of rotatable bonds is 27. The van der Waals surface area contributed by atoms with E-state index < -0.39 is 0 Å². The minimum absolute atomic E-state index is 0.0193. The molecule has 0 N–H and O–H groups in total. The van der Waals surface area contributed by atoms with Gasteiger partial charge in [0.2, 0.25) is 0 Å². The molecule has 0 unspecified atom stereocenters. The number of halogens is 4. The van der Waals surface area contributed by atoms with Gasteiger partial charge in [-0.3, -0.25) is 9.59 Å². The topological polar surface area (TPSA) is 104 Å². The summed E-state index contributed by atoms with van der Waals surface area (Å²) in [5.74, 6) is 3.07. The van der Waals surface area contributed by atoms with Gasteiger partial charge in [-0.05, 0) is 154 Å². The van der Waals surface area contributed by atoms with Crippen LogP contribution in [-0.2, 0) is 22.3 Å². The highest BCUT2D eigenvalue weighted by atomic mass is 127. The number of nitrogens with zero attached hydrogens (tertiary/aromatic N) is 2. The van der Waals surface area contributed by atoms with Gasteiger partial charge in [-0.25, -0.2) is 0 Å². The van der Waals surface area contributed by atoms with Crippen molar-refractivity contribution in [1.82, 2.24) is 9.80 Å². The molecule has 0 fully saturated rings. The van der Waals surface area contributed by atoms with Gasteiger partial charge < -0.3 is 37.6 Å². The first kappa shape index (κ1) is 51.1. The van der Waals surface area contributed by atoms with Gasteiger partial charge in [0, 0.05) is 60.9 Å². The van der Waals surface area contributed by atoms with Crippen LogP contribution in [0.3, 0.4) is 0 Å². The van der Waals surface area contributed by atoms with Gasteiger partial charge in [0.15, 0.2) is 11.6 Å². The number of para-hydroxylation sites is 2. The van der Waals surface area contributed by atoms with Crippen molar-refractivity contribution in [2.45, 2.75) is 52.4 Å². The van der Waals surface area contributed by atoms with Gasteiger partial charge in [-0.15, -0.1) is 0 Å². The third-order valence-corrected chi connectivity index (χ3v) is 14.1. The zero-order valence-electron chi connectivity index (χ0n) is 36.9. The quantitative estimate of drug-likeness (QED) is 0.0281. The fraction of sp³-hybridized carbons (Fsp3) is 0.400. The molecular weight excluding hydrogens is 1260 g/mol. The van der Waals surface area contributed by atoms with Crippen LogP contribution in [0.1, 0.15) is 82.9 Å². The molecule has 0 aliphatic rings. The van der Waals surface area contributed by atoms with Gasteiger partial charge in [0.1, 0.15) is 47.4 Å². The van der Waals surface area contributed by atoms with Crippen molar-refractivity contribution < 1.29 is 37.4 Å². The number of hydrogen-bond donors (Lipinski definition) is 0. The van der Waals surface area contributed by atoms with Crippen molar-refractivity contribution in [2.75, 3.05) is 79.9 Å². The summed E-state index contributed by atoms with van der Waals surface area (Å²) in [6.07, 6.45) is 5.46. The number of furan rings is 2. The summed E-state index contributed by atoms with van der Waals surface area (Å²) in [5.41, 5.74) is 4.11. The SMILES string of the molecule is CCCCc1oc2ccccc2c1C(=O)c1cc(I)c(OCCN(C)CCOCCOCCN(C)CCOc2c(I)cc(C(=O)c3c(CCCC)oc4ccccc34)cc2I)c(I)c1. The van der Waals surface area contributed by atoms with Crippen molar-refractivity contribution in [3.05, 3.63) is 121 Å². The molecule has 0 radical (unpaired) electrons. The second-order valence-corrected chi connectivity index (χ2v) is 20.4. The lowest BCUT2D eigenvalue weighted by Crippen LogP contribution is -2.29. The van der Waals surface area contributed by atoms with Crippen LogP contribution >= 0.6 is 90.4 Å². The van der Waals surface area contributed by atoms with E-state index in [2.05, 4.69) is 128 Å². The summed E-state index contributed by atoms with van der Waals surface area (Å²) in [6, 6.07) is 23.2. The van der Waals surface area contributed by atoms with Crippen molar-refractivity contribution >= 4 is 124 Å². The molecule has 0 saturated heterocycles. The molecule has 0 bridgehead atoms. The van der Waals surface area contributed by atoms with Gasteiger partial charge in [0.05, 0.1) is 51.8 Å². The van der Waals surface area contributed by atoms with E-state index >= 15 is 0 Å². The Balaban J connectivity index is 0.847. The van der Waals surface area contributed by atoms with Crippen LogP contribution in [0.2, 0.25) is 0 Å². The van der Waals surface area contributed by atoms with Gasteiger partial charge in [-0.2, -0.15) is 0 Å². The lowest BCUT2D eigenvalue weighted by atomic mass is 9.98. The second-order valence-electron chi connectivity index (χ2n) is 15.7. The van der Waals surface area contributed by atoms with Crippen LogP contribution in [0.15, 0.2) is 81.6 Å². The Labute approximate surface area is 431 Å². The molecule has 342 valence electrons. The van der Waals surface area contributed by atoms with E-state index in [0.717, 1.165) is 124 Å². The van der Waals surface area contributed by atoms with E-state index in [9.17, 15) is 9.59 Å². The smallest absolute Gasteiger partial charge is 0.197 e. The monoisotopic (exact) mass is 1320 g/mol. The van der Waals surface area contributed by atoms with Gasteiger partial charge in [-0.1, -0.05) is 63.1 Å². The largest absolute Gasteiger partial charge is 0.490 e. The van der Waals surface area contributed by atoms with E-state index in [1.165, 1.54) is 0 Å². The molecule has 64 heavy (non-hydrogen) atoms. The third-order valence-electron chi connectivity index (χ3n) is 10.9. The maximum Gasteiger partial charge on any atom is 0.197 e. The lowest BCUT2D eigenvalue weighted by molar-refractivity contribution is 0.0334.